The van der Waals surface area contributed by atoms with Crippen LogP contribution in [0.1, 0.15) is 25.7 Å². The minimum Gasteiger partial charge on any atom is -0.468 e. The SMILES string of the molecule is COC(=O)[C@]1(Cl)[C@@H]2C(=O)CCCC[C@@H]21. The molecule has 0 aliphatic heterocycles. The van der Waals surface area contributed by atoms with Crippen molar-refractivity contribution in [2.45, 2.75) is 30.6 Å². The van der Waals surface area contributed by atoms with Crippen LogP contribution >= 0.6 is 11.6 Å². The molecule has 0 radical (unpaired) electrons. The third-order valence-corrected chi connectivity index (χ3v) is 3.99. The number of ether oxygens (including phenoxy) is 1. The standard InChI is InChI=1S/C10H13ClO3/c1-14-9(13)10(11)6-4-2-3-5-7(12)8(6)10/h6,8H,2-5H2,1H3/t6-,8-,10+/m0/s1. The van der Waals surface area contributed by atoms with Crippen molar-refractivity contribution in [3.8, 4) is 0 Å². The number of Topliss-reactive ketones (excluding diaryl/α,β-unsaturated/α-hetero) is 1. The number of halogens is 1. The average Bonchev–Trinajstić information content (AvgIpc) is 2.83. The van der Waals surface area contributed by atoms with Crippen LogP contribution < -0.4 is 0 Å². The zero-order valence-corrected chi connectivity index (χ0v) is 8.84. The number of esters is 1. The van der Waals surface area contributed by atoms with E-state index in [1.807, 2.05) is 0 Å². The Morgan fingerprint density at radius 3 is 2.93 bits per heavy atom. The van der Waals surface area contributed by atoms with Gasteiger partial charge in [-0.05, 0) is 12.8 Å². The van der Waals surface area contributed by atoms with Gasteiger partial charge in [0, 0.05) is 12.3 Å². The molecule has 0 N–H and O–H groups in total. The van der Waals surface area contributed by atoms with Gasteiger partial charge in [-0.2, -0.15) is 0 Å². The smallest absolute Gasteiger partial charge is 0.328 e. The Labute approximate surface area is 87.8 Å². The maximum Gasteiger partial charge on any atom is 0.328 e. The van der Waals surface area contributed by atoms with Crippen molar-refractivity contribution < 1.29 is 14.3 Å². The number of carbonyl (C=O) groups excluding carboxylic acids is 2. The fraction of sp³-hybridized carbons (Fsp3) is 0.800. The number of fused-ring (bicyclic) bond motifs is 1. The van der Waals surface area contributed by atoms with Gasteiger partial charge in [-0.1, -0.05) is 6.42 Å². The fourth-order valence-electron chi connectivity index (χ4n) is 2.51. The lowest BCUT2D eigenvalue weighted by Crippen LogP contribution is -2.24. The lowest BCUT2D eigenvalue weighted by atomic mass is 10.1. The van der Waals surface area contributed by atoms with E-state index >= 15 is 0 Å². The first-order valence-corrected chi connectivity index (χ1v) is 5.30. The molecule has 0 aromatic rings. The van der Waals surface area contributed by atoms with Crippen LogP contribution in [-0.4, -0.2) is 23.7 Å². The van der Waals surface area contributed by atoms with E-state index in [0.717, 1.165) is 19.3 Å². The normalized spacial score (nSPS) is 41.1. The van der Waals surface area contributed by atoms with E-state index in [-0.39, 0.29) is 17.6 Å². The third-order valence-electron chi connectivity index (χ3n) is 3.32. The second-order valence-corrected chi connectivity index (χ2v) is 4.68. The van der Waals surface area contributed by atoms with Crippen LogP contribution in [0.3, 0.4) is 0 Å². The summed E-state index contributed by atoms with van der Waals surface area (Å²) in [6.07, 6.45) is 3.35. The molecule has 0 saturated heterocycles. The number of carbonyl (C=O) groups is 2. The summed E-state index contributed by atoms with van der Waals surface area (Å²) in [5.41, 5.74) is 0. The van der Waals surface area contributed by atoms with Gasteiger partial charge in [-0.15, -0.1) is 11.6 Å². The van der Waals surface area contributed by atoms with Crippen LogP contribution in [-0.2, 0) is 14.3 Å². The molecule has 0 heterocycles. The van der Waals surface area contributed by atoms with Crippen LogP contribution in [0, 0.1) is 11.8 Å². The predicted octanol–water partition coefficient (Wildman–Crippen LogP) is 1.53. The number of hydrogen-bond donors (Lipinski definition) is 0. The summed E-state index contributed by atoms with van der Waals surface area (Å²) in [5, 5.41) is 0. The maximum atomic E-state index is 11.6. The van der Waals surface area contributed by atoms with Gasteiger partial charge in [-0.3, -0.25) is 9.59 Å². The van der Waals surface area contributed by atoms with E-state index in [9.17, 15) is 9.59 Å². The number of methoxy groups -OCH3 is 1. The highest BCUT2D eigenvalue weighted by Gasteiger charge is 2.72. The van der Waals surface area contributed by atoms with Crippen LogP contribution in [0.15, 0.2) is 0 Å². The molecule has 0 spiro atoms. The molecule has 2 aliphatic rings. The van der Waals surface area contributed by atoms with Crippen LogP contribution in [0.25, 0.3) is 0 Å². The van der Waals surface area contributed by atoms with Gasteiger partial charge in [0.15, 0.2) is 4.87 Å². The molecule has 4 heteroatoms. The summed E-state index contributed by atoms with van der Waals surface area (Å²) in [5.74, 6) is -0.567. The van der Waals surface area contributed by atoms with Gasteiger partial charge in [0.2, 0.25) is 0 Å². The van der Waals surface area contributed by atoms with E-state index in [1.165, 1.54) is 7.11 Å². The molecule has 2 fully saturated rings. The summed E-state index contributed by atoms with van der Waals surface area (Å²) in [4.78, 5) is 22.0. The van der Waals surface area contributed by atoms with Crippen molar-refractivity contribution in [3.63, 3.8) is 0 Å². The van der Waals surface area contributed by atoms with Crippen LogP contribution in [0.4, 0.5) is 0 Å². The summed E-state index contributed by atoms with van der Waals surface area (Å²) in [6, 6.07) is 0. The number of rotatable bonds is 1. The molecule has 2 saturated carbocycles. The first-order chi connectivity index (χ1) is 6.62. The topological polar surface area (TPSA) is 43.4 Å². The summed E-state index contributed by atoms with van der Waals surface area (Å²) >= 11 is 6.14. The van der Waals surface area contributed by atoms with E-state index in [1.54, 1.807) is 0 Å². The Hall–Kier alpha value is -0.570. The van der Waals surface area contributed by atoms with Crippen molar-refractivity contribution >= 4 is 23.4 Å². The molecule has 2 aliphatic carbocycles. The molecule has 0 bridgehead atoms. The molecule has 2 rings (SSSR count). The van der Waals surface area contributed by atoms with Gasteiger partial charge < -0.3 is 4.74 Å². The fourth-order valence-corrected chi connectivity index (χ4v) is 3.04. The second kappa shape index (κ2) is 3.23. The molecule has 0 aromatic heterocycles. The Kier molecular flexibility index (Phi) is 2.30. The Morgan fingerprint density at radius 2 is 2.29 bits per heavy atom. The highest BCUT2D eigenvalue weighted by atomic mass is 35.5. The van der Waals surface area contributed by atoms with Gasteiger partial charge in [0.1, 0.15) is 5.78 Å². The third kappa shape index (κ3) is 1.18. The largest absolute Gasteiger partial charge is 0.468 e. The lowest BCUT2D eigenvalue weighted by Gasteiger charge is -2.08. The minimum atomic E-state index is -1.02. The summed E-state index contributed by atoms with van der Waals surface area (Å²) in [6.45, 7) is 0. The van der Waals surface area contributed by atoms with E-state index < -0.39 is 10.8 Å². The second-order valence-electron chi connectivity index (χ2n) is 4.06. The maximum absolute atomic E-state index is 11.6. The van der Waals surface area contributed by atoms with Crippen molar-refractivity contribution in [1.29, 1.82) is 0 Å². The molecule has 0 aromatic carbocycles. The number of ketones is 1. The predicted molar refractivity (Wildman–Crippen MR) is 51.1 cm³/mol. The van der Waals surface area contributed by atoms with Gasteiger partial charge >= 0.3 is 5.97 Å². The molecule has 3 atom stereocenters. The van der Waals surface area contributed by atoms with Gasteiger partial charge in [-0.25, -0.2) is 0 Å². The molecule has 14 heavy (non-hydrogen) atoms. The van der Waals surface area contributed by atoms with Gasteiger partial charge in [0.25, 0.3) is 0 Å². The minimum absolute atomic E-state index is 0.0200. The quantitative estimate of drug-likeness (QED) is 0.493. The molecule has 3 nitrogen and oxygen atoms in total. The van der Waals surface area contributed by atoms with E-state index in [0.29, 0.717) is 6.42 Å². The highest BCUT2D eigenvalue weighted by molar-refractivity contribution is 6.39. The van der Waals surface area contributed by atoms with Crippen LogP contribution in [0.5, 0.6) is 0 Å². The van der Waals surface area contributed by atoms with Crippen LogP contribution in [0.2, 0.25) is 0 Å². The number of alkyl halides is 1. The summed E-state index contributed by atoms with van der Waals surface area (Å²) < 4.78 is 4.64. The molecular weight excluding hydrogens is 204 g/mol. The van der Waals surface area contributed by atoms with E-state index in [4.69, 9.17) is 11.6 Å². The first kappa shape index (κ1) is 9.97. The Bertz CT molecular complexity index is 289. The number of hydrogen-bond acceptors (Lipinski definition) is 3. The average molecular weight is 217 g/mol. The molecule has 0 amide bonds. The zero-order chi connectivity index (χ0) is 10.3. The van der Waals surface area contributed by atoms with Crippen molar-refractivity contribution in [3.05, 3.63) is 0 Å². The zero-order valence-electron chi connectivity index (χ0n) is 8.09. The first-order valence-electron chi connectivity index (χ1n) is 4.92. The van der Waals surface area contributed by atoms with Crippen molar-refractivity contribution in [1.82, 2.24) is 0 Å². The Balaban J connectivity index is 2.19. The molecule has 0 unspecified atom stereocenters. The Morgan fingerprint density at radius 1 is 1.57 bits per heavy atom. The monoisotopic (exact) mass is 216 g/mol. The van der Waals surface area contributed by atoms with Gasteiger partial charge in [0.05, 0.1) is 13.0 Å². The molecular formula is C10H13ClO3. The lowest BCUT2D eigenvalue weighted by molar-refractivity contribution is -0.142. The van der Waals surface area contributed by atoms with Crippen molar-refractivity contribution in [2.24, 2.45) is 11.8 Å². The van der Waals surface area contributed by atoms with Crippen molar-refractivity contribution in [2.75, 3.05) is 7.11 Å². The van der Waals surface area contributed by atoms with E-state index in [2.05, 4.69) is 4.74 Å². The summed E-state index contributed by atoms with van der Waals surface area (Å²) in [7, 11) is 1.31. The molecule has 78 valence electrons. The highest BCUT2D eigenvalue weighted by Crippen LogP contribution is 2.60.